The summed E-state index contributed by atoms with van der Waals surface area (Å²) < 4.78 is 18.1. The fourth-order valence-corrected chi connectivity index (χ4v) is 2.42. The molecule has 7 heteroatoms. The molecular weight excluding hydrogens is 224 g/mol. The van der Waals surface area contributed by atoms with E-state index in [0.29, 0.717) is 19.8 Å². The zero-order valence-corrected chi connectivity index (χ0v) is 9.65. The van der Waals surface area contributed by atoms with Gasteiger partial charge in [-0.15, -0.1) is 5.10 Å². The molecule has 17 heavy (non-hydrogen) atoms. The van der Waals surface area contributed by atoms with E-state index in [4.69, 9.17) is 19.9 Å². The van der Waals surface area contributed by atoms with Crippen molar-refractivity contribution in [1.82, 2.24) is 15.0 Å². The Balaban J connectivity index is 1.76. The molecule has 0 radical (unpaired) electrons. The van der Waals surface area contributed by atoms with Crippen molar-refractivity contribution in [2.45, 2.75) is 30.9 Å². The molecule has 1 aromatic heterocycles. The lowest BCUT2D eigenvalue weighted by molar-refractivity contribution is 0.0627. The molecule has 3 rings (SSSR count). The normalized spacial score (nSPS) is 36.4. The van der Waals surface area contributed by atoms with E-state index in [0.717, 1.165) is 5.69 Å². The van der Waals surface area contributed by atoms with Crippen LogP contribution < -0.4 is 5.73 Å². The van der Waals surface area contributed by atoms with Gasteiger partial charge in [0.15, 0.2) is 0 Å². The predicted octanol–water partition coefficient (Wildman–Crippen LogP) is -0.909. The summed E-state index contributed by atoms with van der Waals surface area (Å²) in [5.41, 5.74) is 6.70. The number of nitrogens with two attached hydrogens (primary N) is 1. The molecule has 0 spiro atoms. The van der Waals surface area contributed by atoms with Gasteiger partial charge in [-0.05, 0) is 0 Å². The minimum atomic E-state index is -0.0352. The van der Waals surface area contributed by atoms with Crippen LogP contribution in [0.15, 0.2) is 6.20 Å². The number of rotatable bonds is 3. The van der Waals surface area contributed by atoms with Gasteiger partial charge in [-0.2, -0.15) is 0 Å². The van der Waals surface area contributed by atoms with E-state index in [1.807, 2.05) is 6.20 Å². The molecule has 2 aliphatic heterocycles. The Labute approximate surface area is 98.8 Å². The second kappa shape index (κ2) is 4.34. The first-order valence-corrected chi connectivity index (χ1v) is 5.68. The van der Waals surface area contributed by atoms with Crippen LogP contribution >= 0.6 is 0 Å². The lowest BCUT2D eigenvalue weighted by Gasteiger charge is -2.15. The van der Waals surface area contributed by atoms with E-state index >= 15 is 0 Å². The van der Waals surface area contributed by atoms with Crippen molar-refractivity contribution in [3.05, 3.63) is 11.9 Å². The average molecular weight is 240 g/mol. The second-order valence-electron chi connectivity index (χ2n) is 4.45. The molecule has 3 heterocycles. The van der Waals surface area contributed by atoms with Gasteiger partial charge in [0.1, 0.15) is 23.9 Å². The maximum atomic E-state index is 5.90. The summed E-state index contributed by atoms with van der Waals surface area (Å²) in [7, 11) is 1.63. The van der Waals surface area contributed by atoms with E-state index in [1.54, 1.807) is 11.8 Å². The van der Waals surface area contributed by atoms with Crippen molar-refractivity contribution < 1.29 is 14.2 Å². The van der Waals surface area contributed by atoms with Crippen molar-refractivity contribution >= 4 is 0 Å². The summed E-state index contributed by atoms with van der Waals surface area (Å²) in [4.78, 5) is 0. The van der Waals surface area contributed by atoms with Crippen LogP contribution in [0.5, 0.6) is 0 Å². The van der Waals surface area contributed by atoms with Crippen LogP contribution in [0.4, 0.5) is 0 Å². The molecule has 0 bridgehead atoms. The van der Waals surface area contributed by atoms with Crippen molar-refractivity contribution in [3.8, 4) is 0 Å². The number of fused-ring (bicyclic) bond motifs is 1. The third kappa shape index (κ3) is 1.85. The van der Waals surface area contributed by atoms with E-state index in [-0.39, 0.29) is 24.3 Å². The molecule has 2 saturated heterocycles. The van der Waals surface area contributed by atoms with Crippen molar-refractivity contribution in [2.24, 2.45) is 5.73 Å². The molecule has 2 N–H and O–H groups in total. The van der Waals surface area contributed by atoms with Crippen LogP contribution in [0.2, 0.25) is 0 Å². The van der Waals surface area contributed by atoms with E-state index in [9.17, 15) is 0 Å². The Morgan fingerprint density at radius 3 is 3.12 bits per heavy atom. The Hall–Kier alpha value is -1.02. The molecule has 1 aromatic rings. The van der Waals surface area contributed by atoms with Gasteiger partial charge in [0.25, 0.3) is 0 Å². The number of aromatic nitrogens is 3. The van der Waals surface area contributed by atoms with Crippen molar-refractivity contribution in [2.75, 3.05) is 20.3 Å². The van der Waals surface area contributed by atoms with Crippen molar-refractivity contribution in [1.29, 1.82) is 0 Å². The SMILES string of the molecule is COCc1cn([C@H]2CO[C@H]3[C@@H]2OC[C@@H]3N)nn1. The van der Waals surface area contributed by atoms with Crippen molar-refractivity contribution in [3.63, 3.8) is 0 Å². The first-order valence-electron chi connectivity index (χ1n) is 5.68. The van der Waals surface area contributed by atoms with Gasteiger partial charge < -0.3 is 19.9 Å². The molecule has 0 aliphatic carbocycles. The lowest BCUT2D eigenvalue weighted by atomic mass is 10.1. The zero-order chi connectivity index (χ0) is 11.8. The summed E-state index contributed by atoms with van der Waals surface area (Å²) in [5.74, 6) is 0. The molecule has 0 aromatic carbocycles. The summed E-state index contributed by atoms with van der Waals surface area (Å²) in [6, 6.07) is 0.0265. The summed E-state index contributed by atoms with van der Waals surface area (Å²) in [6.07, 6.45) is 1.84. The average Bonchev–Trinajstić information content (AvgIpc) is 2.97. The van der Waals surface area contributed by atoms with Crippen LogP contribution in [-0.4, -0.2) is 53.6 Å². The van der Waals surface area contributed by atoms with Crippen LogP contribution in [0, 0.1) is 0 Å². The van der Waals surface area contributed by atoms with E-state index in [2.05, 4.69) is 10.3 Å². The molecular formula is C10H16N4O3. The molecule has 2 fully saturated rings. The lowest BCUT2D eigenvalue weighted by Crippen LogP contribution is -2.36. The molecule has 0 amide bonds. The fourth-order valence-electron chi connectivity index (χ4n) is 2.42. The smallest absolute Gasteiger partial charge is 0.110 e. The number of ether oxygens (including phenoxy) is 3. The van der Waals surface area contributed by atoms with Crippen LogP contribution in [0.1, 0.15) is 11.7 Å². The third-order valence-electron chi connectivity index (χ3n) is 3.26. The van der Waals surface area contributed by atoms with Gasteiger partial charge in [0.05, 0.1) is 32.1 Å². The van der Waals surface area contributed by atoms with Gasteiger partial charge in [0.2, 0.25) is 0 Å². The quantitative estimate of drug-likeness (QED) is 0.736. The van der Waals surface area contributed by atoms with Crippen LogP contribution in [0.3, 0.4) is 0 Å². The van der Waals surface area contributed by atoms with Gasteiger partial charge in [-0.25, -0.2) is 4.68 Å². The van der Waals surface area contributed by atoms with Gasteiger partial charge in [-0.1, -0.05) is 5.21 Å². The monoisotopic (exact) mass is 240 g/mol. The molecule has 4 atom stereocenters. The highest BCUT2D eigenvalue weighted by Crippen LogP contribution is 2.32. The topological polar surface area (TPSA) is 84.4 Å². The molecule has 94 valence electrons. The molecule has 0 unspecified atom stereocenters. The Morgan fingerprint density at radius 1 is 1.47 bits per heavy atom. The summed E-state index contributed by atoms with van der Waals surface area (Å²) in [6.45, 7) is 1.58. The Bertz CT molecular complexity index is 397. The first kappa shape index (κ1) is 11.1. The third-order valence-corrected chi connectivity index (χ3v) is 3.26. The van der Waals surface area contributed by atoms with Gasteiger partial charge in [0, 0.05) is 7.11 Å². The van der Waals surface area contributed by atoms with Gasteiger partial charge in [-0.3, -0.25) is 0 Å². The predicted molar refractivity (Wildman–Crippen MR) is 57.2 cm³/mol. The Kier molecular flexibility index (Phi) is 2.83. The molecule has 2 aliphatic rings. The number of hydrogen-bond acceptors (Lipinski definition) is 6. The number of nitrogens with zero attached hydrogens (tertiary/aromatic N) is 3. The van der Waals surface area contributed by atoms with E-state index < -0.39 is 0 Å². The molecule has 7 nitrogen and oxygen atoms in total. The van der Waals surface area contributed by atoms with Gasteiger partial charge >= 0.3 is 0 Å². The standard InChI is InChI=1S/C10H16N4O3/c1-15-3-6-2-14(13-12-6)8-5-17-9-7(11)4-16-10(8)9/h2,7-10H,3-5,11H2,1H3/t7-,8-,9+,10+/m0/s1. The highest BCUT2D eigenvalue weighted by molar-refractivity contribution is 5.00. The molecule has 0 saturated carbocycles. The minimum Gasteiger partial charge on any atom is -0.378 e. The largest absolute Gasteiger partial charge is 0.378 e. The number of hydrogen-bond donors (Lipinski definition) is 1. The zero-order valence-electron chi connectivity index (χ0n) is 9.65. The highest BCUT2D eigenvalue weighted by atomic mass is 16.6. The fraction of sp³-hybridized carbons (Fsp3) is 0.800. The first-order chi connectivity index (χ1) is 8.29. The van der Waals surface area contributed by atoms with Crippen LogP contribution in [0.25, 0.3) is 0 Å². The summed E-state index contributed by atoms with van der Waals surface area (Å²) >= 11 is 0. The maximum absolute atomic E-state index is 5.90. The number of methoxy groups -OCH3 is 1. The van der Waals surface area contributed by atoms with E-state index in [1.165, 1.54) is 0 Å². The summed E-state index contributed by atoms with van der Waals surface area (Å²) in [5, 5.41) is 8.12. The van der Waals surface area contributed by atoms with Crippen LogP contribution in [-0.2, 0) is 20.8 Å². The minimum absolute atomic E-state index is 0.0119. The Morgan fingerprint density at radius 2 is 2.29 bits per heavy atom. The maximum Gasteiger partial charge on any atom is 0.110 e. The highest BCUT2D eigenvalue weighted by Gasteiger charge is 2.47. The second-order valence-corrected chi connectivity index (χ2v) is 4.45.